The molecule has 134 valence electrons. The zero-order valence-electron chi connectivity index (χ0n) is 14.6. The molecule has 1 saturated heterocycles. The lowest BCUT2D eigenvalue weighted by molar-refractivity contribution is -0.117. The van der Waals surface area contributed by atoms with Crippen LogP contribution in [-0.2, 0) is 4.79 Å². The molecular formula is C18H20N6OS. The summed E-state index contributed by atoms with van der Waals surface area (Å²) in [6.45, 7) is 4.22. The molecule has 0 aromatic carbocycles. The number of hydrogen-bond acceptors (Lipinski definition) is 7. The summed E-state index contributed by atoms with van der Waals surface area (Å²) in [4.78, 5) is 30.7. The van der Waals surface area contributed by atoms with Gasteiger partial charge in [0.1, 0.15) is 5.82 Å². The first-order valence-electron chi connectivity index (χ1n) is 8.53. The summed E-state index contributed by atoms with van der Waals surface area (Å²) in [7, 11) is 2.10. The van der Waals surface area contributed by atoms with Crippen LogP contribution in [0.15, 0.2) is 36.2 Å². The molecule has 0 radical (unpaired) electrons. The molecule has 1 aliphatic heterocycles. The van der Waals surface area contributed by atoms with Crippen molar-refractivity contribution in [3.63, 3.8) is 0 Å². The molecule has 1 N–H and O–H groups in total. The lowest BCUT2D eigenvalue weighted by Gasteiger charge is -2.31. The number of amides is 1. The van der Waals surface area contributed by atoms with E-state index in [1.165, 1.54) is 0 Å². The predicted octanol–water partition coefficient (Wildman–Crippen LogP) is 1.94. The molecule has 0 unspecified atom stereocenters. The normalized spacial score (nSPS) is 16.0. The van der Waals surface area contributed by atoms with E-state index in [0.29, 0.717) is 12.4 Å². The van der Waals surface area contributed by atoms with E-state index in [9.17, 15) is 4.79 Å². The molecule has 0 saturated carbocycles. The van der Waals surface area contributed by atoms with Crippen LogP contribution in [0.5, 0.6) is 0 Å². The first-order chi connectivity index (χ1) is 12.7. The average Bonchev–Trinajstić information content (AvgIpc) is 3.18. The Morgan fingerprint density at radius 1 is 1.12 bits per heavy atom. The van der Waals surface area contributed by atoms with Crippen LogP contribution >= 0.6 is 11.3 Å². The molecule has 0 aliphatic carbocycles. The topological polar surface area (TPSA) is 74.2 Å². The highest BCUT2D eigenvalue weighted by molar-refractivity contribution is 7.13. The van der Waals surface area contributed by atoms with Crippen LogP contribution in [0.1, 0.15) is 0 Å². The van der Waals surface area contributed by atoms with Crippen molar-refractivity contribution in [3.8, 4) is 10.6 Å². The van der Waals surface area contributed by atoms with Gasteiger partial charge in [-0.25, -0.2) is 4.98 Å². The molecule has 3 aromatic rings. The minimum Gasteiger partial charge on any atom is -0.310 e. The minimum atomic E-state index is -0.0295. The van der Waals surface area contributed by atoms with Gasteiger partial charge in [0, 0.05) is 50.2 Å². The molecule has 1 aliphatic rings. The average molecular weight is 368 g/mol. The third-order valence-electron chi connectivity index (χ3n) is 4.52. The fraction of sp³-hybridized carbons (Fsp3) is 0.333. The number of rotatable bonds is 4. The molecule has 3 aromatic heterocycles. The maximum absolute atomic E-state index is 12.3. The van der Waals surface area contributed by atoms with E-state index in [1.54, 1.807) is 35.4 Å². The second kappa shape index (κ2) is 7.45. The van der Waals surface area contributed by atoms with Gasteiger partial charge in [-0.3, -0.25) is 19.7 Å². The summed E-state index contributed by atoms with van der Waals surface area (Å²) >= 11 is 1.55. The highest BCUT2D eigenvalue weighted by Gasteiger charge is 2.16. The van der Waals surface area contributed by atoms with Gasteiger partial charge in [-0.1, -0.05) is 0 Å². The van der Waals surface area contributed by atoms with Crippen LogP contribution in [0.2, 0.25) is 0 Å². The van der Waals surface area contributed by atoms with E-state index >= 15 is 0 Å². The number of fused-ring (bicyclic) bond motifs is 1. The summed E-state index contributed by atoms with van der Waals surface area (Å²) in [6.07, 6.45) is 5.34. The van der Waals surface area contributed by atoms with Gasteiger partial charge in [0.25, 0.3) is 0 Å². The molecule has 0 bridgehead atoms. The first-order valence-corrected chi connectivity index (χ1v) is 9.41. The van der Waals surface area contributed by atoms with Crippen LogP contribution in [0, 0.1) is 0 Å². The van der Waals surface area contributed by atoms with E-state index in [-0.39, 0.29) is 5.91 Å². The second-order valence-corrected chi connectivity index (χ2v) is 7.37. The van der Waals surface area contributed by atoms with Crippen molar-refractivity contribution >= 4 is 33.8 Å². The fourth-order valence-electron chi connectivity index (χ4n) is 2.97. The van der Waals surface area contributed by atoms with E-state index in [0.717, 1.165) is 47.5 Å². The van der Waals surface area contributed by atoms with Gasteiger partial charge in [-0.2, -0.15) is 0 Å². The minimum absolute atomic E-state index is 0.0295. The lowest BCUT2D eigenvalue weighted by atomic mass is 10.2. The van der Waals surface area contributed by atoms with Gasteiger partial charge in [-0.05, 0) is 24.6 Å². The Labute approximate surface area is 155 Å². The van der Waals surface area contributed by atoms with Crippen LogP contribution < -0.4 is 5.32 Å². The van der Waals surface area contributed by atoms with Crippen molar-refractivity contribution in [2.45, 2.75) is 0 Å². The predicted molar refractivity (Wildman–Crippen MR) is 103 cm³/mol. The smallest absolute Gasteiger partial charge is 0.239 e. The maximum atomic E-state index is 12.3. The van der Waals surface area contributed by atoms with Crippen molar-refractivity contribution in [2.24, 2.45) is 0 Å². The number of anilines is 1. The van der Waals surface area contributed by atoms with Crippen LogP contribution in [0.25, 0.3) is 21.3 Å². The summed E-state index contributed by atoms with van der Waals surface area (Å²) in [5.41, 5.74) is 2.67. The van der Waals surface area contributed by atoms with Gasteiger partial charge in [0.05, 0.1) is 22.6 Å². The van der Waals surface area contributed by atoms with E-state index in [2.05, 4.69) is 37.1 Å². The number of piperazine rings is 1. The molecule has 0 atom stereocenters. The largest absolute Gasteiger partial charge is 0.310 e. The third kappa shape index (κ3) is 3.87. The van der Waals surface area contributed by atoms with Gasteiger partial charge in [0.15, 0.2) is 0 Å². The Bertz CT molecular complexity index is 905. The molecule has 1 fully saturated rings. The summed E-state index contributed by atoms with van der Waals surface area (Å²) in [6, 6.07) is 3.89. The number of pyridine rings is 2. The molecule has 4 heterocycles. The second-order valence-electron chi connectivity index (χ2n) is 6.48. The number of likely N-dealkylation sites (N-methyl/N-ethyl adjacent to an activating group) is 1. The van der Waals surface area contributed by atoms with Gasteiger partial charge >= 0.3 is 0 Å². The third-order valence-corrected chi connectivity index (χ3v) is 5.31. The first kappa shape index (κ1) is 17.0. The Hall–Kier alpha value is -2.42. The van der Waals surface area contributed by atoms with Crippen LogP contribution in [0.3, 0.4) is 0 Å². The number of nitrogens with zero attached hydrogens (tertiary/aromatic N) is 5. The maximum Gasteiger partial charge on any atom is 0.239 e. The lowest BCUT2D eigenvalue weighted by Crippen LogP contribution is -2.47. The van der Waals surface area contributed by atoms with Crippen molar-refractivity contribution < 1.29 is 4.79 Å². The van der Waals surface area contributed by atoms with Crippen molar-refractivity contribution in [2.75, 3.05) is 45.1 Å². The molecule has 8 heteroatoms. The Morgan fingerprint density at radius 2 is 1.92 bits per heavy atom. The molecular weight excluding hydrogens is 348 g/mol. The highest BCUT2D eigenvalue weighted by Crippen LogP contribution is 2.25. The molecule has 4 rings (SSSR count). The van der Waals surface area contributed by atoms with Crippen LogP contribution in [-0.4, -0.2) is 70.4 Å². The molecule has 7 nitrogen and oxygen atoms in total. The summed E-state index contributed by atoms with van der Waals surface area (Å²) in [5, 5.41) is 4.85. The number of hydrogen-bond donors (Lipinski definition) is 1. The number of carbonyl (C=O) groups excluding carboxylic acids is 1. The van der Waals surface area contributed by atoms with Crippen molar-refractivity contribution in [1.82, 2.24) is 24.8 Å². The quantitative estimate of drug-likeness (QED) is 0.759. The summed E-state index contributed by atoms with van der Waals surface area (Å²) in [5.74, 6) is 0.538. The molecule has 1 amide bonds. The van der Waals surface area contributed by atoms with E-state index in [4.69, 9.17) is 0 Å². The Morgan fingerprint density at radius 3 is 2.69 bits per heavy atom. The number of thiazole rings is 1. The van der Waals surface area contributed by atoms with E-state index in [1.807, 2.05) is 12.1 Å². The van der Waals surface area contributed by atoms with Gasteiger partial charge in [0.2, 0.25) is 5.91 Å². The van der Waals surface area contributed by atoms with Gasteiger partial charge < -0.3 is 10.2 Å². The molecule has 26 heavy (non-hydrogen) atoms. The SMILES string of the molecule is CN1CCN(CC(=O)Nc2cc3cc(-c4cncs4)ncc3cn2)CC1. The van der Waals surface area contributed by atoms with Gasteiger partial charge in [-0.15, -0.1) is 11.3 Å². The standard InChI is InChI=1S/C18H20N6OS/c1-23-2-4-24(5-3-23)11-18(25)22-17-7-13-6-15(16-10-19-12-26-16)20-8-14(13)9-21-17/h6-10,12H,2-5,11H2,1H3,(H,21,22,25). The fourth-order valence-corrected chi connectivity index (χ4v) is 3.56. The van der Waals surface area contributed by atoms with Crippen molar-refractivity contribution in [3.05, 3.63) is 36.2 Å². The number of nitrogens with one attached hydrogen (secondary N) is 1. The number of aromatic nitrogens is 3. The van der Waals surface area contributed by atoms with Crippen molar-refractivity contribution in [1.29, 1.82) is 0 Å². The monoisotopic (exact) mass is 368 g/mol. The highest BCUT2D eigenvalue weighted by atomic mass is 32.1. The number of carbonyl (C=O) groups is 1. The zero-order chi connectivity index (χ0) is 17.9. The Balaban J connectivity index is 1.47. The van der Waals surface area contributed by atoms with Crippen LogP contribution in [0.4, 0.5) is 5.82 Å². The zero-order valence-corrected chi connectivity index (χ0v) is 15.4. The summed E-state index contributed by atoms with van der Waals surface area (Å²) < 4.78 is 0. The Kier molecular flexibility index (Phi) is 4.87. The molecule has 0 spiro atoms. The van der Waals surface area contributed by atoms with E-state index < -0.39 is 0 Å².